The van der Waals surface area contributed by atoms with Crippen molar-refractivity contribution < 1.29 is 55.7 Å². The summed E-state index contributed by atoms with van der Waals surface area (Å²) >= 11 is 0. The van der Waals surface area contributed by atoms with Crippen LogP contribution in [0.15, 0.2) is 6.07 Å². The number of aliphatic carboxylic acids is 2. The van der Waals surface area contributed by atoms with Crippen molar-refractivity contribution in [3.05, 3.63) is 22.9 Å². The molecule has 1 aliphatic carbocycles. The Hall–Kier alpha value is -3.14. The number of pyridine rings is 1. The van der Waals surface area contributed by atoms with E-state index in [2.05, 4.69) is 35.4 Å². The first-order chi connectivity index (χ1) is 18.4. The zero-order valence-electron chi connectivity index (χ0n) is 22.3. The van der Waals surface area contributed by atoms with Crippen molar-refractivity contribution in [1.29, 1.82) is 0 Å². The maximum absolute atomic E-state index is 12.7. The van der Waals surface area contributed by atoms with E-state index in [1.54, 1.807) is 7.11 Å². The van der Waals surface area contributed by atoms with Gasteiger partial charge in [-0.3, -0.25) is 4.79 Å². The molecule has 0 aromatic carbocycles. The Balaban J connectivity index is 0.000000473. The number of alkyl halides is 6. The number of amides is 1. The molecular formula is C24H34F6N4O6. The Kier molecular flexibility index (Phi) is 13.6. The second-order valence-electron chi connectivity index (χ2n) is 9.38. The van der Waals surface area contributed by atoms with Gasteiger partial charge in [-0.2, -0.15) is 26.3 Å². The van der Waals surface area contributed by atoms with E-state index in [-0.39, 0.29) is 11.9 Å². The van der Waals surface area contributed by atoms with Gasteiger partial charge in [0.15, 0.2) is 0 Å². The van der Waals surface area contributed by atoms with Crippen LogP contribution >= 0.6 is 0 Å². The first-order valence-electron chi connectivity index (χ1n) is 12.3. The highest BCUT2D eigenvalue weighted by Gasteiger charge is 2.38. The first-order valence-corrected chi connectivity index (χ1v) is 12.3. The number of nitrogens with one attached hydrogen (secondary N) is 2. The molecular weight excluding hydrogens is 554 g/mol. The number of carbonyl (C=O) groups excluding carboxylic acids is 1. The van der Waals surface area contributed by atoms with Gasteiger partial charge in [-0.15, -0.1) is 0 Å². The van der Waals surface area contributed by atoms with Crippen LogP contribution in [0.5, 0.6) is 0 Å². The van der Waals surface area contributed by atoms with Crippen LogP contribution in [0.25, 0.3) is 0 Å². The fraction of sp³-hybridized carbons (Fsp3) is 0.667. The van der Waals surface area contributed by atoms with E-state index in [1.165, 1.54) is 18.4 Å². The van der Waals surface area contributed by atoms with Crippen LogP contribution in [0.1, 0.15) is 48.3 Å². The van der Waals surface area contributed by atoms with Crippen molar-refractivity contribution >= 4 is 23.7 Å². The minimum atomic E-state index is -5.08. The Morgan fingerprint density at radius 1 is 1.05 bits per heavy atom. The second kappa shape index (κ2) is 15.6. The number of nitrogens with zero attached hydrogens (tertiary/aromatic N) is 2. The number of carboxylic acid groups (broad SMARTS) is 2. The molecule has 1 saturated carbocycles. The summed E-state index contributed by atoms with van der Waals surface area (Å²) in [6.07, 6.45) is -5.86. The largest absolute Gasteiger partial charge is 0.490 e. The maximum atomic E-state index is 12.7. The molecule has 0 bridgehead atoms. The summed E-state index contributed by atoms with van der Waals surface area (Å²) in [6.45, 7) is 8.59. The van der Waals surface area contributed by atoms with Crippen LogP contribution in [0.3, 0.4) is 0 Å². The lowest BCUT2D eigenvalue weighted by atomic mass is 10.0. The molecule has 4 N–H and O–H groups in total. The molecule has 0 atom stereocenters. The van der Waals surface area contributed by atoms with Gasteiger partial charge < -0.3 is 30.5 Å². The lowest BCUT2D eigenvalue weighted by Crippen LogP contribution is -2.29. The molecule has 0 unspecified atom stereocenters. The fourth-order valence-electron chi connectivity index (χ4n) is 3.33. The van der Waals surface area contributed by atoms with E-state index < -0.39 is 24.3 Å². The third-order valence-electron chi connectivity index (χ3n) is 5.57. The van der Waals surface area contributed by atoms with Crippen LogP contribution in [-0.2, 0) is 27.2 Å². The number of aromatic nitrogens is 1. The number of fused-ring (bicyclic) bond motifs is 1. The van der Waals surface area contributed by atoms with Crippen molar-refractivity contribution in [2.45, 2.75) is 57.9 Å². The van der Waals surface area contributed by atoms with E-state index in [0.717, 1.165) is 57.1 Å². The second-order valence-corrected chi connectivity index (χ2v) is 9.38. The van der Waals surface area contributed by atoms with E-state index in [9.17, 15) is 31.1 Å². The predicted octanol–water partition coefficient (Wildman–Crippen LogP) is 3.36. The van der Waals surface area contributed by atoms with Crippen molar-refractivity contribution in [3.8, 4) is 0 Å². The minimum absolute atomic E-state index is 0.00386. The molecule has 16 heteroatoms. The SMILES string of the molecule is COCCN1CCc2cc(C(=O)NCC3CC3)c(NC(C)C)nc2CC1.O=C(O)C(F)(F)F.O=C(O)C(F)(F)F. The van der Waals surface area contributed by atoms with Crippen LogP contribution in [-0.4, -0.2) is 96.2 Å². The zero-order chi connectivity index (χ0) is 30.7. The highest BCUT2D eigenvalue weighted by molar-refractivity contribution is 5.99. The zero-order valence-corrected chi connectivity index (χ0v) is 22.3. The summed E-state index contributed by atoms with van der Waals surface area (Å²) in [5.41, 5.74) is 3.01. The third kappa shape index (κ3) is 13.3. The number of ether oxygens (including phenoxy) is 1. The van der Waals surface area contributed by atoms with Gasteiger partial charge >= 0.3 is 24.3 Å². The summed E-state index contributed by atoms with van der Waals surface area (Å²) in [5, 5.41) is 20.7. The average molecular weight is 589 g/mol. The van der Waals surface area contributed by atoms with Gasteiger partial charge in [0, 0.05) is 51.4 Å². The standard InChI is InChI=1S/C20H32N4O2.2C2HF3O2/c1-14(2)22-19-17(20(25)21-13-15-4-5-15)12-16-6-8-24(10-11-26-3)9-7-18(16)23-19;2*3-2(4,5)1(6)7/h12,14-15H,4-11,13H2,1-3H3,(H,21,25)(H,22,23);2*(H,6,7). The molecule has 2 heterocycles. The summed E-state index contributed by atoms with van der Waals surface area (Å²) in [4.78, 5) is 37.8. The molecule has 0 radical (unpaired) electrons. The molecule has 228 valence electrons. The number of carboxylic acids is 2. The average Bonchev–Trinajstić information content (AvgIpc) is 3.67. The first kappa shape index (κ1) is 34.9. The summed E-state index contributed by atoms with van der Waals surface area (Å²) in [7, 11) is 1.74. The number of hydrogen-bond acceptors (Lipinski definition) is 7. The van der Waals surface area contributed by atoms with Gasteiger partial charge in [0.1, 0.15) is 5.82 Å². The van der Waals surface area contributed by atoms with Gasteiger partial charge in [-0.05, 0) is 50.7 Å². The molecule has 3 rings (SSSR count). The van der Waals surface area contributed by atoms with E-state index in [0.29, 0.717) is 11.5 Å². The lowest BCUT2D eigenvalue weighted by Gasteiger charge is -2.18. The highest BCUT2D eigenvalue weighted by Crippen LogP contribution is 2.28. The molecule has 2 aliphatic rings. The van der Waals surface area contributed by atoms with Gasteiger partial charge in [0.2, 0.25) is 0 Å². The van der Waals surface area contributed by atoms with Crippen molar-refractivity contribution in [1.82, 2.24) is 15.2 Å². The molecule has 0 saturated heterocycles. The lowest BCUT2D eigenvalue weighted by molar-refractivity contribution is -0.193. The van der Waals surface area contributed by atoms with Gasteiger partial charge in [-0.1, -0.05) is 0 Å². The van der Waals surface area contributed by atoms with Crippen molar-refractivity contribution in [3.63, 3.8) is 0 Å². The van der Waals surface area contributed by atoms with Crippen molar-refractivity contribution in [2.24, 2.45) is 5.92 Å². The highest BCUT2D eigenvalue weighted by atomic mass is 19.4. The van der Waals surface area contributed by atoms with E-state index in [4.69, 9.17) is 29.5 Å². The van der Waals surface area contributed by atoms with Gasteiger partial charge in [0.25, 0.3) is 5.91 Å². The topological polar surface area (TPSA) is 141 Å². The number of carbonyl (C=O) groups is 3. The maximum Gasteiger partial charge on any atom is 0.490 e. The minimum Gasteiger partial charge on any atom is -0.475 e. The van der Waals surface area contributed by atoms with Gasteiger partial charge in [-0.25, -0.2) is 14.6 Å². The number of hydrogen-bond donors (Lipinski definition) is 4. The monoisotopic (exact) mass is 588 g/mol. The number of halogens is 6. The van der Waals surface area contributed by atoms with Gasteiger partial charge in [0.05, 0.1) is 12.2 Å². The fourth-order valence-corrected chi connectivity index (χ4v) is 3.33. The summed E-state index contributed by atoms with van der Waals surface area (Å²) in [6, 6.07) is 2.30. The van der Waals surface area contributed by atoms with E-state index in [1.807, 2.05) is 0 Å². The molecule has 10 nitrogen and oxygen atoms in total. The van der Waals surface area contributed by atoms with Crippen LogP contribution in [0.4, 0.5) is 32.2 Å². The Bertz CT molecular complexity index is 975. The summed E-state index contributed by atoms with van der Waals surface area (Å²) < 4.78 is 68.7. The van der Waals surface area contributed by atoms with Crippen LogP contribution in [0.2, 0.25) is 0 Å². The smallest absolute Gasteiger partial charge is 0.475 e. The quantitative estimate of drug-likeness (QED) is 0.337. The Labute approximate surface area is 227 Å². The van der Waals surface area contributed by atoms with Crippen LogP contribution < -0.4 is 10.6 Å². The van der Waals surface area contributed by atoms with Crippen molar-refractivity contribution in [2.75, 3.05) is 45.2 Å². The molecule has 0 spiro atoms. The summed E-state index contributed by atoms with van der Waals surface area (Å²) in [5.74, 6) is -4.13. The molecule has 1 fully saturated rings. The Morgan fingerprint density at radius 3 is 2.02 bits per heavy atom. The number of anilines is 1. The number of methoxy groups -OCH3 is 1. The van der Waals surface area contributed by atoms with E-state index >= 15 is 0 Å². The third-order valence-corrected chi connectivity index (χ3v) is 5.57. The molecule has 1 aromatic rings. The molecule has 1 aromatic heterocycles. The molecule has 1 aliphatic heterocycles. The Morgan fingerprint density at radius 2 is 1.57 bits per heavy atom. The molecule has 1 amide bonds. The number of rotatable bonds is 8. The van der Waals surface area contributed by atoms with Crippen LogP contribution in [0, 0.1) is 5.92 Å². The normalized spacial score (nSPS) is 15.4. The molecule has 40 heavy (non-hydrogen) atoms. The predicted molar refractivity (Wildman–Crippen MR) is 131 cm³/mol.